The van der Waals surface area contributed by atoms with Crippen LogP contribution in [0.2, 0.25) is 0 Å². The molecule has 0 aliphatic heterocycles. The average molecular weight is 277 g/mol. The molecule has 104 valence electrons. The molecule has 0 saturated heterocycles. The lowest BCUT2D eigenvalue weighted by Gasteiger charge is -2.29. The van der Waals surface area contributed by atoms with Crippen LogP contribution in [0.3, 0.4) is 0 Å². The van der Waals surface area contributed by atoms with Crippen LogP contribution >= 0.6 is 12.2 Å². The fourth-order valence-electron chi connectivity index (χ4n) is 3.01. The van der Waals surface area contributed by atoms with E-state index in [0.29, 0.717) is 11.0 Å². The third-order valence-electron chi connectivity index (χ3n) is 3.87. The zero-order valence-electron chi connectivity index (χ0n) is 12.0. The molecule has 2 unspecified atom stereocenters. The van der Waals surface area contributed by atoms with Gasteiger partial charge in [-0.3, -0.25) is 0 Å². The molecular weight excluding hydrogens is 254 g/mol. The second-order valence-corrected chi connectivity index (χ2v) is 6.22. The molecule has 1 aromatic rings. The van der Waals surface area contributed by atoms with E-state index in [1.165, 1.54) is 25.7 Å². The highest BCUT2D eigenvalue weighted by molar-refractivity contribution is 7.80. The molecule has 1 heterocycles. The number of rotatable bonds is 3. The Bertz CT molecular complexity index is 485. The van der Waals surface area contributed by atoms with Crippen molar-refractivity contribution in [2.75, 3.05) is 5.32 Å². The highest BCUT2D eigenvalue weighted by atomic mass is 32.1. The molecule has 0 spiro atoms. The first-order valence-corrected chi connectivity index (χ1v) is 7.42. The van der Waals surface area contributed by atoms with E-state index in [9.17, 15) is 0 Å². The number of nitrogens with one attached hydrogen (secondary N) is 1. The van der Waals surface area contributed by atoms with Crippen LogP contribution in [0.25, 0.3) is 0 Å². The van der Waals surface area contributed by atoms with Gasteiger partial charge in [0.2, 0.25) is 0 Å². The van der Waals surface area contributed by atoms with Crippen LogP contribution in [-0.2, 0) is 0 Å². The quantitative estimate of drug-likeness (QED) is 0.832. The molecular formula is C15H23N3S. The molecule has 0 amide bonds. The summed E-state index contributed by atoms with van der Waals surface area (Å²) in [5, 5.41) is 3.56. The summed E-state index contributed by atoms with van der Waals surface area (Å²) in [4.78, 5) is 5.02. The van der Waals surface area contributed by atoms with Gasteiger partial charge < -0.3 is 11.1 Å². The van der Waals surface area contributed by atoms with E-state index in [4.69, 9.17) is 18.0 Å². The maximum absolute atomic E-state index is 5.85. The number of nitrogens with two attached hydrogens (primary N) is 1. The fourth-order valence-corrected chi connectivity index (χ4v) is 3.27. The van der Waals surface area contributed by atoms with Gasteiger partial charge in [0.05, 0.1) is 5.56 Å². The summed E-state index contributed by atoms with van der Waals surface area (Å²) < 4.78 is 0. The Balaban J connectivity index is 2.25. The van der Waals surface area contributed by atoms with Crippen LogP contribution in [-0.4, -0.2) is 16.0 Å². The van der Waals surface area contributed by atoms with Gasteiger partial charge in [0.1, 0.15) is 10.8 Å². The number of aryl methyl sites for hydroxylation is 2. The van der Waals surface area contributed by atoms with E-state index in [-0.39, 0.29) is 0 Å². The summed E-state index contributed by atoms with van der Waals surface area (Å²) in [7, 11) is 0. The summed E-state index contributed by atoms with van der Waals surface area (Å²) >= 11 is 5.17. The normalized spacial score (nSPS) is 23.1. The smallest absolute Gasteiger partial charge is 0.136 e. The van der Waals surface area contributed by atoms with Crippen molar-refractivity contribution >= 4 is 23.0 Å². The van der Waals surface area contributed by atoms with Crippen molar-refractivity contribution in [3.05, 3.63) is 22.9 Å². The first-order chi connectivity index (χ1) is 8.97. The molecule has 3 nitrogen and oxygen atoms in total. The number of pyridine rings is 1. The van der Waals surface area contributed by atoms with Crippen molar-refractivity contribution in [1.82, 2.24) is 4.98 Å². The Kier molecular flexibility index (Phi) is 4.40. The Labute approximate surface area is 121 Å². The van der Waals surface area contributed by atoms with Gasteiger partial charge in [-0.1, -0.05) is 32.0 Å². The first kappa shape index (κ1) is 14.3. The largest absolute Gasteiger partial charge is 0.389 e. The molecule has 0 aromatic carbocycles. The number of hydrogen-bond acceptors (Lipinski definition) is 3. The van der Waals surface area contributed by atoms with Crippen molar-refractivity contribution in [2.45, 2.75) is 52.5 Å². The van der Waals surface area contributed by atoms with Gasteiger partial charge in [0, 0.05) is 11.7 Å². The molecule has 1 aliphatic rings. The van der Waals surface area contributed by atoms with Crippen LogP contribution in [0.4, 0.5) is 5.82 Å². The van der Waals surface area contributed by atoms with E-state index >= 15 is 0 Å². The number of thiocarbonyl (C=S) groups is 1. The molecule has 1 saturated carbocycles. The van der Waals surface area contributed by atoms with Gasteiger partial charge in [-0.05, 0) is 44.2 Å². The van der Waals surface area contributed by atoms with Crippen molar-refractivity contribution in [3.63, 3.8) is 0 Å². The van der Waals surface area contributed by atoms with E-state index in [2.05, 4.69) is 17.2 Å². The standard InChI is InChI=1S/C15H23N3S/c1-9-5-4-6-12(7-9)18-15-13(14(16)19)10(2)8-11(3)17-15/h8-9,12H,4-7H2,1-3H3,(H2,16,19)(H,17,18). The van der Waals surface area contributed by atoms with Gasteiger partial charge in [-0.2, -0.15) is 0 Å². The van der Waals surface area contributed by atoms with Crippen LogP contribution in [0.1, 0.15) is 49.4 Å². The Morgan fingerprint density at radius 3 is 2.79 bits per heavy atom. The molecule has 3 N–H and O–H groups in total. The molecule has 2 rings (SSSR count). The summed E-state index contributed by atoms with van der Waals surface area (Å²) in [5.74, 6) is 1.65. The summed E-state index contributed by atoms with van der Waals surface area (Å²) in [6, 6.07) is 2.52. The van der Waals surface area contributed by atoms with Crippen LogP contribution in [0.15, 0.2) is 6.07 Å². The number of anilines is 1. The average Bonchev–Trinajstić information content (AvgIpc) is 2.26. The highest BCUT2D eigenvalue weighted by Gasteiger charge is 2.21. The minimum Gasteiger partial charge on any atom is -0.389 e. The Hall–Kier alpha value is -1.16. The molecule has 4 heteroatoms. The van der Waals surface area contributed by atoms with E-state index in [1.54, 1.807) is 0 Å². The van der Waals surface area contributed by atoms with Crippen LogP contribution in [0, 0.1) is 19.8 Å². The van der Waals surface area contributed by atoms with Crippen molar-refractivity contribution in [3.8, 4) is 0 Å². The van der Waals surface area contributed by atoms with Gasteiger partial charge in [0.25, 0.3) is 0 Å². The van der Waals surface area contributed by atoms with Crippen molar-refractivity contribution in [2.24, 2.45) is 11.7 Å². The maximum Gasteiger partial charge on any atom is 0.136 e. The van der Waals surface area contributed by atoms with Gasteiger partial charge in [0.15, 0.2) is 0 Å². The lowest BCUT2D eigenvalue weighted by atomic mass is 9.87. The monoisotopic (exact) mass is 277 g/mol. The van der Waals surface area contributed by atoms with E-state index in [0.717, 1.165) is 28.6 Å². The zero-order valence-corrected chi connectivity index (χ0v) is 12.8. The molecule has 19 heavy (non-hydrogen) atoms. The number of aromatic nitrogens is 1. The predicted molar refractivity (Wildman–Crippen MR) is 84.6 cm³/mol. The third kappa shape index (κ3) is 3.44. The highest BCUT2D eigenvalue weighted by Crippen LogP contribution is 2.27. The van der Waals surface area contributed by atoms with Gasteiger partial charge in [-0.25, -0.2) is 4.98 Å². The van der Waals surface area contributed by atoms with Gasteiger partial charge in [-0.15, -0.1) is 0 Å². The Morgan fingerprint density at radius 1 is 1.42 bits per heavy atom. The van der Waals surface area contributed by atoms with E-state index < -0.39 is 0 Å². The third-order valence-corrected chi connectivity index (χ3v) is 4.07. The summed E-state index contributed by atoms with van der Waals surface area (Å²) in [6.07, 6.45) is 5.02. The first-order valence-electron chi connectivity index (χ1n) is 7.02. The second kappa shape index (κ2) is 5.87. The predicted octanol–water partition coefficient (Wildman–Crippen LogP) is 3.32. The van der Waals surface area contributed by atoms with Gasteiger partial charge >= 0.3 is 0 Å². The van der Waals surface area contributed by atoms with E-state index in [1.807, 2.05) is 19.9 Å². The minimum atomic E-state index is 0.427. The number of nitrogens with zero attached hydrogens (tertiary/aromatic N) is 1. The second-order valence-electron chi connectivity index (χ2n) is 5.78. The summed E-state index contributed by atoms with van der Waals surface area (Å²) in [6.45, 7) is 6.36. The minimum absolute atomic E-state index is 0.427. The molecule has 2 atom stereocenters. The molecule has 1 fully saturated rings. The lowest BCUT2D eigenvalue weighted by molar-refractivity contribution is 0.358. The number of hydrogen-bond donors (Lipinski definition) is 2. The zero-order chi connectivity index (χ0) is 14.0. The fraction of sp³-hybridized carbons (Fsp3) is 0.600. The van der Waals surface area contributed by atoms with Crippen LogP contribution < -0.4 is 11.1 Å². The lowest BCUT2D eigenvalue weighted by Crippen LogP contribution is -2.28. The molecule has 0 radical (unpaired) electrons. The molecule has 0 bridgehead atoms. The molecule has 1 aromatic heterocycles. The SMILES string of the molecule is Cc1cc(C)c(C(N)=S)c(NC2CCCC(C)C2)n1. The Morgan fingerprint density at radius 2 is 2.16 bits per heavy atom. The van der Waals surface area contributed by atoms with Crippen LogP contribution in [0.5, 0.6) is 0 Å². The summed E-state index contributed by atoms with van der Waals surface area (Å²) in [5.41, 5.74) is 8.86. The maximum atomic E-state index is 5.85. The topological polar surface area (TPSA) is 50.9 Å². The van der Waals surface area contributed by atoms with Crippen molar-refractivity contribution < 1.29 is 0 Å². The molecule has 1 aliphatic carbocycles. The van der Waals surface area contributed by atoms with Crippen molar-refractivity contribution in [1.29, 1.82) is 0 Å².